The van der Waals surface area contributed by atoms with Gasteiger partial charge in [-0.15, -0.1) is 0 Å². The van der Waals surface area contributed by atoms with E-state index < -0.39 is 5.41 Å². The molecule has 3 heteroatoms. The van der Waals surface area contributed by atoms with Gasteiger partial charge in [0.25, 0.3) is 0 Å². The number of para-hydroxylation sites is 1. The molecule has 1 rings (SSSR count). The first kappa shape index (κ1) is 12.4. The first-order valence-electron chi connectivity index (χ1n) is 5.27. The Hall–Kier alpha value is -1.64. The van der Waals surface area contributed by atoms with Gasteiger partial charge in [-0.3, -0.25) is 4.79 Å². The van der Waals surface area contributed by atoms with Crippen LogP contribution in [0.15, 0.2) is 30.3 Å². The number of aldehydes is 1. The molecule has 0 heterocycles. The molecule has 16 heavy (non-hydrogen) atoms. The summed E-state index contributed by atoms with van der Waals surface area (Å²) >= 11 is 0. The van der Waals surface area contributed by atoms with Crippen LogP contribution in [-0.2, 0) is 9.59 Å². The molecule has 3 nitrogen and oxygen atoms in total. The quantitative estimate of drug-likeness (QED) is 0.435. The fourth-order valence-corrected chi connectivity index (χ4v) is 1.26. The van der Waals surface area contributed by atoms with Crippen LogP contribution in [0.4, 0.5) is 0 Å². The van der Waals surface area contributed by atoms with E-state index in [9.17, 15) is 9.59 Å². The Bertz CT molecular complexity index is 355. The number of rotatable bonds is 5. The van der Waals surface area contributed by atoms with E-state index in [2.05, 4.69) is 0 Å². The van der Waals surface area contributed by atoms with Gasteiger partial charge in [0.2, 0.25) is 0 Å². The number of benzene rings is 1. The summed E-state index contributed by atoms with van der Waals surface area (Å²) in [5.74, 6) is 0.229. The molecule has 0 N–H and O–H groups in total. The van der Waals surface area contributed by atoms with Gasteiger partial charge in [0, 0.05) is 6.42 Å². The van der Waals surface area contributed by atoms with E-state index in [-0.39, 0.29) is 5.97 Å². The summed E-state index contributed by atoms with van der Waals surface area (Å²) in [5.41, 5.74) is -0.628. The van der Waals surface area contributed by atoms with Crippen molar-refractivity contribution in [1.82, 2.24) is 0 Å². The summed E-state index contributed by atoms with van der Waals surface area (Å²) in [6.07, 6.45) is 1.69. The predicted molar refractivity (Wildman–Crippen MR) is 61.2 cm³/mol. The molecular formula is C13H16O3. The maximum Gasteiger partial charge on any atom is 0.316 e. The number of esters is 1. The Morgan fingerprint density at radius 2 is 1.94 bits per heavy atom. The third kappa shape index (κ3) is 3.50. The molecule has 0 aliphatic rings. The SMILES string of the molecule is CC(C)(CCC=O)C(=O)Oc1ccccc1. The van der Waals surface area contributed by atoms with Crippen molar-refractivity contribution in [2.75, 3.05) is 0 Å². The third-order valence-corrected chi connectivity index (χ3v) is 2.39. The molecule has 1 aromatic carbocycles. The predicted octanol–water partition coefficient (Wildman–Crippen LogP) is 2.60. The first-order chi connectivity index (χ1) is 7.56. The average Bonchev–Trinajstić information content (AvgIpc) is 2.28. The number of hydrogen-bond donors (Lipinski definition) is 0. The van der Waals surface area contributed by atoms with Crippen LogP contribution in [0.2, 0.25) is 0 Å². The lowest BCUT2D eigenvalue weighted by atomic mass is 9.88. The third-order valence-electron chi connectivity index (χ3n) is 2.39. The van der Waals surface area contributed by atoms with Crippen molar-refractivity contribution >= 4 is 12.3 Å². The normalized spacial score (nSPS) is 10.9. The van der Waals surface area contributed by atoms with Gasteiger partial charge in [0.05, 0.1) is 5.41 Å². The van der Waals surface area contributed by atoms with Crippen molar-refractivity contribution in [3.63, 3.8) is 0 Å². The van der Waals surface area contributed by atoms with Crippen LogP contribution in [0.5, 0.6) is 5.75 Å². The van der Waals surface area contributed by atoms with Crippen LogP contribution in [0.25, 0.3) is 0 Å². The Balaban J connectivity index is 2.61. The standard InChI is InChI=1S/C13H16O3/c1-13(2,9-6-10-14)12(15)16-11-7-4-3-5-8-11/h3-5,7-8,10H,6,9H2,1-2H3. The van der Waals surface area contributed by atoms with Gasteiger partial charge in [-0.1, -0.05) is 18.2 Å². The monoisotopic (exact) mass is 220 g/mol. The second-order valence-electron chi connectivity index (χ2n) is 4.29. The van der Waals surface area contributed by atoms with E-state index in [1.54, 1.807) is 38.1 Å². The summed E-state index contributed by atoms with van der Waals surface area (Å²) in [6, 6.07) is 8.93. The smallest absolute Gasteiger partial charge is 0.316 e. The molecule has 0 aliphatic carbocycles. The zero-order valence-corrected chi connectivity index (χ0v) is 9.60. The van der Waals surface area contributed by atoms with Gasteiger partial charge in [-0.25, -0.2) is 0 Å². The molecule has 86 valence electrons. The maximum absolute atomic E-state index is 11.8. The zero-order chi connectivity index (χ0) is 12.0. The topological polar surface area (TPSA) is 43.4 Å². The highest BCUT2D eigenvalue weighted by atomic mass is 16.5. The summed E-state index contributed by atoms with van der Waals surface area (Å²) in [7, 11) is 0. The lowest BCUT2D eigenvalue weighted by Crippen LogP contribution is -2.29. The van der Waals surface area contributed by atoms with Gasteiger partial charge in [0.15, 0.2) is 0 Å². The number of hydrogen-bond acceptors (Lipinski definition) is 3. The molecule has 0 bridgehead atoms. The largest absolute Gasteiger partial charge is 0.426 e. The molecule has 0 amide bonds. The van der Waals surface area contributed by atoms with Gasteiger partial charge in [0.1, 0.15) is 12.0 Å². The van der Waals surface area contributed by atoms with Crippen molar-refractivity contribution < 1.29 is 14.3 Å². The highest BCUT2D eigenvalue weighted by Crippen LogP contribution is 2.24. The molecule has 0 saturated heterocycles. The van der Waals surface area contributed by atoms with E-state index in [4.69, 9.17) is 4.74 Å². The van der Waals surface area contributed by atoms with E-state index in [1.807, 2.05) is 6.07 Å². The second kappa shape index (κ2) is 5.45. The highest BCUT2D eigenvalue weighted by molar-refractivity contribution is 5.78. The highest BCUT2D eigenvalue weighted by Gasteiger charge is 2.29. The molecule has 0 radical (unpaired) electrons. The lowest BCUT2D eigenvalue weighted by molar-refractivity contribution is -0.144. The van der Waals surface area contributed by atoms with Crippen LogP contribution >= 0.6 is 0 Å². The first-order valence-corrected chi connectivity index (χ1v) is 5.27. The van der Waals surface area contributed by atoms with E-state index in [0.29, 0.717) is 18.6 Å². The minimum Gasteiger partial charge on any atom is -0.426 e. The van der Waals surface area contributed by atoms with Gasteiger partial charge in [-0.2, -0.15) is 0 Å². The van der Waals surface area contributed by atoms with Crippen LogP contribution < -0.4 is 4.74 Å². The van der Waals surface area contributed by atoms with Crippen molar-refractivity contribution in [1.29, 1.82) is 0 Å². The fraction of sp³-hybridized carbons (Fsp3) is 0.385. The average molecular weight is 220 g/mol. The van der Waals surface area contributed by atoms with Crippen molar-refractivity contribution in [3.8, 4) is 5.75 Å². The summed E-state index contributed by atoms with van der Waals surface area (Å²) in [4.78, 5) is 22.1. The lowest BCUT2D eigenvalue weighted by Gasteiger charge is -2.21. The molecular weight excluding hydrogens is 204 g/mol. The van der Waals surface area contributed by atoms with Crippen molar-refractivity contribution in [3.05, 3.63) is 30.3 Å². The fourth-order valence-electron chi connectivity index (χ4n) is 1.26. The van der Waals surface area contributed by atoms with Crippen LogP contribution in [0.3, 0.4) is 0 Å². The molecule has 0 saturated carbocycles. The maximum atomic E-state index is 11.8. The zero-order valence-electron chi connectivity index (χ0n) is 9.60. The molecule has 0 aliphatic heterocycles. The van der Waals surface area contributed by atoms with Crippen molar-refractivity contribution in [2.24, 2.45) is 5.41 Å². The van der Waals surface area contributed by atoms with Crippen LogP contribution in [0.1, 0.15) is 26.7 Å². The Kier molecular flexibility index (Phi) is 4.23. The van der Waals surface area contributed by atoms with E-state index in [1.165, 1.54) is 0 Å². The summed E-state index contributed by atoms with van der Waals surface area (Å²) < 4.78 is 5.22. The van der Waals surface area contributed by atoms with Crippen LogP contribution in [0, 0.1) is 5.41 Å². The molecule has 0 spiro atoms. The Morgan fingerprint density at radius 1 is 1.31 bits per heavy atom. The van der Waals surface area contributed by atoms with Gasteiger partial charge < -0.3 is 9.53 Å². The summed E-state index contributed by atoms with van der Waals surface area (Å²) in [6.45, 7) is 3.56. The van der Waals surface area contributed by atoms with Gasteiger partial charge in [-0.05, 0) is 32.4 Å². The minimum atomic E-state index is -0.628. The second-order valence-corrected chi connectivity index (χ2v) is 4.29. The molecule has 0 unspecified atom stereocenters. The Morgan fingerprint density at radius 3 is 2.50 bits per heavy atom. The molecule has 0 atom stereocenters. The van der Waals surface area contributed by atoms with E-state index >= 15 is 0 Å². The number of carbonyl (C=O) groups is 2. The number of carbonyl (C=O) groups excluding carboxylic acids is 2. The van der Waals surface area contributed by atoms with Gasteiger partial charge >= 0.3 is 5.97 Å². The minimum absolute atomic E-state index is 0.305. The summed E-state index contributed by atoms with van der Waals surface area (Å²) in [5, 5.41) is 0. The number of ether oxygens (including phenoxy) is 1. The molecule has 0 aromatic heterocycles. The Labute approximate surface area is 95.4 Å². The van der Waals surface area contributed by atoms with Crippen molar-refractivity contribution in [2.45, 2.75) is 26.7 Å². The van der Waals surface area contributed by atoms with Crippen LogP contribution in [-0.4, -0.2) is 12.3 Å². The molecule has 1 aromatic rings. The van der Waals surface area contributed by atoms with E-state index in [0.717, 1.165) is 6.29 Å². The molecule has 0 fully saturated rings.